The summed E-state index contributed by atoms with van der Waals surface area (Å²) in [5.74, 6) is -1.93. The molecule has 0 saturated carbocycles. The van der Waals surface area contributed by atoms with Gasteiger partial charge in [-0.1, -0.05) is 12.1 Å². The first-order valence-corrected chi connectivity index (χ1v) is 11.4. The summed E-state index contributed by atoms with van der Waals surface area (Å²) in [6, 6.07) is 12.1. The Morgan fingerprint density at radius 2 is 1.74 bits per heavy atom. The molecular formula is C28H20F2N4O4. The predicted molar refractivity (Wildman–Crippen MR) is 138 cm³/mol. The molecule has 0 aliphatic heterocycles. The third-order valence-electron chi connectivity index (χ3n) is 5.87. The van der Waals surface area contributed by atoms with Crippen LogP contribution in [-0.4, -0.2) is 26.0 Å². The minimum atomic E-state index is -0.770. The molecule has 3 N–H and O–H groups in total. The Kier molecular flexibility index (Phi) is 6.29. The highest BCUT2D eigenvalue weighted by Crippen LogP contribution is 2.31. The van der Waals surface area contributed by atoms with Crippen molar-refractivity contribution in [2.75, 3.05) is 5.32 Å². The molecule has 0 fully saturated rings. The Morgan fingerprint density at radius 1 is 0.974 bits per heavy atom. The molecule has 0 bridgehead atoms. The number of carbonyl (C=O) groups excluding carboxylic acids is 1. The van der Waals surface area contributed by atoms with Crippen LogP contribution in [0.4, 0.5) is 14.5 Å². The van der Waals surface area contributed by atoms with Crippen molar-refractivity contribution in [3.05, 3.63) is 106 Å². The number of nitrogens with zero attached hydrogens (tertiary/aromatic N) is 2. The summed E-state index contributed by atoms with van der Waals surface area (Å²) in [6.45, 7) is 3.27. The van der Waals surface area contributed by atoms with Gasteiger partial charge in [-0.15, -0.1) is 0 Å². The molecule has 3 aromatic heterocycles. The Morgan fingerprint density at radius 3 is 2.47 bits per heavy atom. The second-order valence-corrected chi connectivity index (χ2v) is 8.53. The van der Waals surface area contributed by atoms with Crippen molar-refractivity contribution in [3.8, 4) is 28.4 Å². The largest absolute Gasteiger partial charge is 0.506 e. The number of aromatic amines is 1. The number of halogens is 2. The van der Waals surface area contributed by atoms with Gasteiger partial charge in [0.1, 0.15) is 22.6 Å². The monoisotopic (exact) mass is 514 g/mol. The van der Waals surface area contributed by atoms with Crippen LogP contribution in [0, 0.1) is 25.5 Å². The number of amides is 1. The lowest BCUT2D eigenvalue weighted by atomic mass is 9.99. The summed E-state index contributed by atoms with van der Waals surface area (Å²) in [4.78, 5) is 37.6. The molecule has 0 saturated heterocycles. The topological polar surface area (TPSA) is 117 Å². The number of nitrogens with one attached hydrogen (secondary N) is 2. The molecule has 1 amide bonds. The number of aryl methyl sites for hydroxylation is 2. The summed E-state index contributed by atoms with van der Waals surface area (Å²) in [6.07, 6.45) is 2.66. The number of anilines is 1. The molecule has 38 heavy (non-hydrogen) atoms. The number of hydrogen-bond donors (Lipinski definition) is 3. The molecule has 8 nitrogen and oxygen atoms in total. The number of rotatable bonds is 5. The van der Waals surface area contributed by atoms with Crippen molar-refractivity contribution in [1.82, 2.24) is 15.0 Å². The number of ether oxygens (including phenoxy) is 1. The normalized spacial score (nSPS) is 10.9. The van der Waals surface area contributed by atoms with Crippen LogP contribution in [0.15, 0.2) is 71.8 Å². The van der Waals surface area contributed by atoms with E-state index in [1.54, 1.807) is 13.8 Å². The molecule has 2 aromatic carbocycles. The summed E-state index contributed by atoms with van der Waals surface area (Å²) < 4.78 is 34.0. The third kappa shape index (κ3) is 4.66. The number of pyridine rings is 3. The lowest BCUT2D eigenvalue weighted by molar-refractivity contribution is 0.102. The van der Waals surface area contributed by atoms with Crippen molar-refractivity contribution >= 4 is 22.6 Å². The Balaban J connectivity index is 1.42. The number of aromatic hydroxyl groups is 1. The molecular weight excluding hydrogens is 494 g/mol. The Bertz CT molecular complexity index is 1770. The first-order valence-electron chi connectivity index (χ1n) is 11.4. The highest BCUT2D eigenvalue weighted by molar-refractivity contribution is 6.05. The van der Waals surface area contributed by atoms with Gasteiger partial charge in [0.15, 0.2) is 17.3 Å². The Labute approximate surface area is 214 Å². The van der Waals surface area contributed by atoms with E-state index >= 15 is 0 Å². The maximum absolute atomic E-state index is 14.9. The zero-order valence-electron chi connectivity index (χ0n) is 20.2. The predicted octanol–water partition coefficient (Wildman–Crippen LogP) is 5.63. The highest BCUT2D eigenvalue weighted by Gasteiger charge is 2.21. The van der Waals surface area contributed by atoms with Crippen LogP contribution in [0.5, 0.6) is 17.2 Å². The SMILES string of the molecule is Cc1[nH]c(C)c(-c2ccc(F)cc2)c(=O)c1C(=O)Nc1ccc(Oc2ccnc3cc(O)cnc23)c(F)c1. The van der Waals surface area contributed by atoms with E-state index in [0.29, 0.717) is 28.0 Å². The molecule has 0 aliphatic rings. The summed E-state index contributed by atoms with van der Waals surface area (Å²) in [5.41, 5.74) is 1.67. The summed E-state index contributed by atoms with van der Waals surface area (Å²) in [7, 11) is 0. The minimum Gasteiger partial charge on any atom is -0.506 e. The third-order valence-corrected chi connectivity index (χ3v) is 5.87. The molecule has 0 spiro atoms. The van der Waals surface area contributed by atoms with E-state index in [0.717, 1.165) is 6.07 Å². The molecule has 3 heterocycles. The zero-order chi connectivity index (χ0) is 27.0. The highest BCUT2D eigenvalue weighted by atomic mass is 19.1. The second kappa shape index (κ2) is 9.74. The fourth-order valence-corrected chi connectivity index (χ4v) is 4.16. The lowest BCUT2D eigenvalue weighted by Crippen LogP contribution is -2.26. The molecule has 0 unspecified atom stereocenters. The van der Waals surface area contributed by atoms with Crippen LogP contribution < -0.4 is 15.5 Å². The number of aromatic nitrogens is 3. The molecule has 190 valence electrons. The van der Waals surface area contributed by atoms with E-state index in [1.165, 1.54) is 60.9 Å². The summed E-state index contributed by atoms with van der Waals surface area (Å²) in [5, 5.41) is 12.1. The smallest absolute Gasteiger partial charge is 0.261 e. The van der Waals surface area contributed by atoms with Gasteiger partial charge in [-0.3, -0.25) is 14.6 Å². The fourth-order valence-electron chi connectivity index (χ4n) is 4.16. The Hall–Kier alpha value is -5.12. The van der Waals surface area contributed by atoms with Gasteiger partial charge in [0.25, 0.3) is 5.91 Å². The molecule has 5 aromatic rings. The number of hydrogen-bond acceptors (Lipinski definition) is 6. The first kappa shape index (κ1) is 24.6. The first-order chi connectivity index (χ1) is 18.2. The van der Waals surface area contributed by atoms with Gasteiger partial charge in [-0.05, 0) is 43.7 Å². The van der Waals surface area contributed by atoms with E-state index in [-0.39, 0.29) is 34.1 Å². The maximum atomic E-state index is 14.9. The van der Waals surface area contributed by atoms with E-state index < -0.39 is 23.0 Å². The minimum absolute atomic E-state index is 0.0686. The van der Waals surface area contributed by atoms with Crippen LogP contribution in [-0.2, 0) is 0 Å². The fraction of sp³-hybridized carbons (Fsp3) is 0.0714. The van der Waals surface area contributed by atoms with Gasteiger partial charge < -0.3 is 20.1 Å². The number of carbonyl (C=O) groups is 1. The van der Waals surface area contributed by atoms with Gasteiger partial charge in [0.2, 0.25) is 5.43 Å². The quantitative estimate of drug-likeness (QED) is 0.280. The standard InChI is InChI=1S/C28H20F2N4O4/c1-14-24(16-3-5-17(29)6-4-16)27(36)25(15(2)33-14)28(37)34-18-7-8-22(20(30)11-18)38-23-9-10-31-21-12-19(35)13-32-26(21)23/h3-13,35H,1-2H3,(H,33,36)(H,34,37). The van der Waals surface area contributed by atoms with E-state index in [1.807, 2.05) is 0 Å². The lowest BCUT2D eigenvalue weighted by Gasteiger charge is -2.13. The molecule has 10 heteroatoms. The van der Waals surface area contributed by atoms with Crippen molar-refractivity contribution < 1.29 is 23.4 Å². The number of fused-ring (bicyclic) bond motifs is 1. The molecule has 5 rings (SSSR count). The average Bonchev–Trinajstić information content (AvgIpc) is 2.86. The maximum Gasteiger partial charge on any atom is 0.261 e. The van der Waals surface area contributed by atoms with Crippen molar-refractivity contribution in [2.24, 2.45) is 0 Å². The molecule has 0 atom stereocenters. The zero-order valence-corrected chi connectivity index (χ0v) is 20.2. The van der Waals surface area contributed by atoms with Crippen LogP contribution in [0.25, 0.3) is 22.2 Å². The van der Waals surface area contributed by atoms with Gasteiger partial charge in [-0.2, -0.15) is 0 Å². The van der Waals surface area contributed by atoms with Gasteiger partial charge in [0, 0.05) is 47.0 Å². The van der Waals surface area contributed by atoms with Gasteiger partial charge in [0.05, 0.1) is 11.7 Å². The molecule has 0 aliphatic carbocycles. The van der Waals surface area contributed by atoms with Crippen molar-refractivity contribution in [3.63, 3.8) is 0 Å². The molecule has 0 radical (unpaired) electrons. The van der Waals surface area contributed by atoms with E-state index in [2.05, 4.69) is 20.3 Å². The van der Waals surface area contributed by atoms with Crippen molar-refractivity contribution in [2.45, 2.75) is 13.8 Å². The van der Waals surface area contributed by atoms with Crippen LogP contribution >= 0.6 is 0 Å². The number of H-pyrrole nitrogens is 1. The van der Waals surface area contributed by atoms with Crippen LogP contribution in [0.2, 0.25) is 0 Å². The van der Waals surface area contributed by atoms with Crippen LogP contribution in [0.3, 0.4) is 0 Å². The van der Waals surface area contributed by atoms with Crippen molar-refractivity contribution in [1.29, 1.82) is 0 Å². The number of benzene rings is 2. The average molecular weight is 514 g/mol. The van der Waals surface area contributed by atoms with Gasteiger partial charge in [-0.25, -0.2) is 13.8 Å². The second-order valence-electron chi connectivity index (χ2n) is 8.53. The van der Waals surface area contributed by atoms with E-state index in [4.69, 9.17) is 4.74 Å². The van der Waals surface area contributed by atoms with Gasteiger partial charge >= 0.3 is 0 Å². The summed E-state index contributed by atoms with van der Waals surface area (Å²) >= 11 is 0. The van der Waals surface area contributed by atoms with E-state index in [9.17, 15) is 23.5 Å². The van der Waals surface area contributed by atoms with Crippen LogP contribution in [0.1, 0.15) is 21.7 Å².